The Labute approximate surface area is 209 Å². The van der Waals surface area contributed by atoms with Gasteiger partial charge in [0, 0.05) is 11.6 Å². The summed E-state index contributed by atoms with van der Waals surface area (Å²) in [7, 11) is 0. The second kappa shape index (κ2) is 10.1. The van der Waals surface area contributed by atoms with E-state index in [-0.39, 0.29) is 12.1 Å². The summed E-state index contributed by atoms with van der Waals surface area (Å²) in [6.07, 6.45) is 7.66. The molecule has 0 spiro atoms. The van der Waals surface area contributed by atoms with Gasteiger partial charge >= 0.3 is 5.97 Å². The van der Waals surface area contributed by atoms with Crippen molar-refractivity contribution < 1.29 is 19.4 Å². The van der Waals surface area contributed by atoms with E-state index < -0.39 is 16.5 Å². The Hall–Kier alpha value is -1.28. The molecule has 2 N–H and O–H groups in total. The zero-order valence-corrected chi connectivity index (χ0v) is 21.8. The van der Waals surface area contributed by atoms with E-state index in [1.807, 2.05) is 44.4 Å². The first-order valence-electron chi connectivity index (χ1n) is 11.7. The third-order valence-electron chi connectivity index (χ3n) is 6.92. The topological polar surface area (TPSA) is 71.3 Å². The maximum absolute atomic E-state index is 13.4. The first-order valence-corrected chi connectivity index (χ1v) is 13.8. The van der Waals surface area contributed by atoms with Crippen LogP contribution in [0, 0.1) is 5.92 Å². The number of aryl methyl sites for hydroxylation is 1. The van der Waals surface area contributed by atoms with Crippen molar-refractivity contribution in [3.05, 3.63) is 40.4 Å². The van der Waals surface area contributed by atoms with Crippen LogP contribution >= 0.6 is 34.7 Å². The van der Waals surface area contributed by atoms with Crippen LogP contribution in [0.15, 0.2) is 34.1 Å². The predicted octanol–water partition coefficient (Wildman–Crippen LogP) is 6.04. The molecule has 0 amide bonds. The SMILES string of the molecule is CC(C)Oc1ccc(CCC2(C3CCCC3)CC([OH2+])C(C)(Sc3nccs3)C(=O)O2)cc1Cl. The Morgan fingerprint density at radius 3 is 2.73 bits per heavy atom. The minimum absolute atomic E-state index is 0.0613. The minimum Gasteiger partial charge on any atom is -0.489 e. The number of carbonyl (C=O) groups excluding carboxylic acids is 1. The third kappa shape index (κ3) is 5.37. The number of benzene rings is 1. The second-order valence-electron chi connectivity index (χ2n) is 9.63. The van der Waals surface area contributed by atoms with Crippen molar-refractivity contribution in [2.45, 2.75) is 92.6 Å². The average molecular weight is 511 g/mol. The Morgan fingerprint density at radius 2 is 2.12 bits per heavy atom. The number of hydrogen-bond donors (Lipinski definition) is 0. The van der Waals surface area contributed by atoms with E-state index in [1.54, 1.807) is 6.20 Å². The molecule has 1 aromatic carbocycles. The van der Waals surface area contributed by atoms with Gasteiger partial charge in [0.2, 0.25) is 0 Å². The Balaban J connectivity index is 1.53. The lowest BCUT2D eigenvalue weighted by molar-refractivity contribution is -0.192. The van der Waals surface area contributed by atoms with Crippen LogP contribution in [-0.2, 0) is 16.0 Å². The fraction of sp³-hybridized carbons (Fsp3) is 0.600. The van der Waals surface area contributed by atoms with Gasteiger partial charge in [0.25, 0.3) is 0 Å². The lowest BCUT2D eigenvalue weighted by Gasteiger charge is -2.47. The maximum Gasteiger partial charge on any atom is 0.331 e. The Kier molecular flexibility index (Phi) is 7.63. The van der Waals surface area contributed by atoms with Gasteiger partial charge in [-0.3, -0.25) is 4.79 Å². The molecule has 5 nitrogen and oxygen atoms in total. The van der Waals surface area contributed by atoms with E-state index >= 15 is 0 Å². The number of cyclic esters (lactones) is 1. The number of thioether (sulfide) groups is 1. The Morgan fingerprint density at radius 1 is 1.36 bits per heavy atom. The molecule has 0 bridgehead atoms. The number of halogens is 1. The van der Waals surface area contributed by atoms with Crippen LogP contribution in [0.5, 0.6) is 5.75 Å². The quantitative estimate of drug-likeness (QED) is 0.320. The summed E-state index contributed by atoms with van der Waals surface area (Å²) >= 11 is 9.33. The largest absolute Gasteiger partial charge is 0.489 e. The van der Waals surface area contributed by atoms with E-state index in [0.29, 0.717) is 29.5 Å². The molecule has 2 fully saturated rings. The summed E-state index contributed by atoms with van der Waals surface area (Å²) in [5.74, 6) is 0.716. The summed E-state index contributed by atoms with van der Waals surface area (Å²) in [4.78, 5) is 17.7. The molecule has 1 saturated heterocycles. The number of hydrogen-bond acceptors (Lipinski definition) is 6. The van der Waals surface area contributed by atoms with Crippen molar-refractivity contribution in [1.82, 2.24) is 4.98 Å². The van der Waals surface area contributed by atoms with Gasteiger partial charge in [-0.1, -0.05) is 42.3 Å². The van der Waals surface area contributed by atoms with E-state index in [2.05, 4.69) is 4.98 Å². The van der Waals surface area contributed by atoms with Crippen molar-refractivity contribution in [3.8, 4) is 5.75 Å². The van der Waals surface area contributed by atoms with Crippen molar-refractivity contribution in [1.29, 1.82) is 0 Å². The van der Waals surface area contributed by atoms with Crippen LogP contribution in [-0.4, -0.2) is 38.6 Å². The van der Waals surface area contributed by atoms with Gasteiger partial charge in [0.05, 0.1) is 17.5 Å². The van der Waals surface area contributed by atoms with E-state index in [0.717, 1.165) is 42.0 Å². The number of aromatic nitrogens is 1. The number of ether oxygens (including phenoxy) is 2. The van der Waals surface area contributed by atoms with Crippen LogP contribution in [0.3, 0.4) is 0 Å². The monoisotopic (exact) mass is 510 g/mol. The molecule has 2 aliphatic rings. The van der Waals surface area contributed by atoms with Crippen LogP contribution in [0.1, 0.15) is 64.9 Å². The molecule has 8 heteroatoms. The fourth-order valence-corrected chi connectivity index (χ4v) is 7.34. The number of rotatable bonds is 8. The molecule has 3 unspecified atom stereocenters. The van der Waals surface area contributed by atoms with Gasteiger partial charge in [-0.25, -0.2) is 4.98 Å². The van der Waals surface area contributed by atoms with Gasteiger partial charge in [-0.05, 0) is 70.1 Å². The molecule has 1 aromatic heterocycles. The lowest BCUT2D eigenvalue weighted by atomic mass is 9.73. The molecule has 2 heterocycles. The summed E-state index contributed by atoms with van der Waals surface area (Å²) in [5.41, 5.74) is 0.499. The van der Waals surface area contributed by atoms with Crippen LogP contribution < -0.4 is 4.74 Å². The zero-order valence-electron chi connectivity index (χ0n) is 19.4. The van der Waals surface area contributed by atoms with Crippen LogP contribution in [0.25, 0.3) is 0 Å². The summed E-state index contributed by atoms with van der Waals surface area (Å²) in [6.45, 7) is 5.79. The first-order chi connectivity index (χ1) is 15.7. The van der Waals surface area contributed by atoms with Crippen LogP contribution in [0.2, 0.25) is 5.02 Å². The van der Waals surface area contributed by atoms with Crippen molar-refractivity contribution in [3.63, 3.8) is 0 Å². The maximum atomic E-state index is 13.4. The standard InChI is InChI=1S/C25H32ClNO4S2/c1-16(2)30-20-9-8-17(14-19(20)26)10-11-25(18-6-4-5-7-18)15-21(28)24(3,22(29)31-25)33-23-27-12-13-32-23/h8-9,12-14,16,18,21,28H,4-7,10-11,15H2,1-3H3/p+1. The van der Waals surface area contributed by atoms with Crippen molar-refractivity contribution in [2.24, 2.45) is 5.92 Å². The molecule has 1 saturated carbocycles. The Bertz CT molecular complexity index is 963. The molecular weight excluding hydrogens is 478 g/mol. The third-order valence-corrected chi connectivity index (χ3v) is 9.47. The fourth-order valence-electron chi connectivity index (χ4n) is 5.03. The highest BCUT2D eigenvalue weighted by Gasteiger charge is 2.60. The van der Waals surface area contributed by atoms with Crippen LogP contribution in [0.4, 0.5) is 0 Å². The van der Waals surface area contributed by atoms with Crippen molar-refractivity contribution >= 4 is 40.7 Å². The molecule has 1 aliphatic heterocycles. The minimum atomic E-state index is -0.945. The molecule has 180 valence electrons. The second-order valence-corrected chi connectivity index (χ2v) is 12.6. The van der Waals surface area contributed by atoms with Gasteiger partial charge in [-0.2, -0.15) is 0 Å². The number of esters is 1. The number of thiazole rings is 1. The van der Waals surface area contributed by atoms with Crippen molar-refractivity contribution in [2.75, 3.05) is 0 Å². The smallest absolute Gasteiger partial charge is 0.331 e. The molecular formula is C25H33ClNO4S2+. The average Bonchev–Trinajstić information content (AvgIpc) is 3.47. The summed E-state index contributed by atoms with van der Waals surface area (Å²) < 4.78 is 12.0. The van der Waals surface area contributed by atoms with Gasteiger partial charge in [0.15, 0.2) is 15.2 Å². The predicted molar refractivity (Wildman–Crippen MR) is 135 cm³/mol. The van der Waals surface area contributed by atoms with E-state index in [1.165, 1.54) is 23.1 Å². The highest BCUT2D eigenvalue weighted by atomic mass is 35.5. The van der Waals surface area contributed by atoms with Gasteiger partial charge < -0.3 is 14.6 Å². The normalized spacial score (nSPS) is 28.3. The molecule has 2 aromatic rings. The van der Waals surface area contributed by atoms with Gasteiger partial charge in [0.1, 0.15) is 11.4 Å². The molecule has 1 aliphatic carbocycles. The number of carbonyl (C=O) groups is 1. The zero-order chi connectivity index (χ0) is 23.6. The summed E-state index contributed by atoms with van der Waals surface area (Å²) in [5, 5.41) is 11.5. The molecule has 4 rings (SSSR count). The molecule has 3 atom stereocenters. The molecule has 0 radical (unpaired) electrons. The molecule has 33 heavy (non-hydrogen) atoms. The summed E-state index contributed by atoms with van der Waals surface area (Å²) in [6, 6.07) is 5.91. The highest BCUT2D eigenvalue weighted by Crippen LogP contribution is 2.51. The van der Waals surface area contributed by atoms with E-state index in [9.17, 15) is 4.79 Å². The van der Waals surface area contributed by atoms with Gasteiger partial charge in [-0.15, -0.1) is 11.3 Å². The van der Waals surface area contributed by atoms with E-state index in [4.69, 9.17) is 26.2 Å². The highest BCUT2D eigenvalue weighted by molar-refractivity contribution is 8.03. The number of nitrogens with zero attached hydrogens (tertiary/aromatic N) is 1. The first kappa shape index (κ1) is 24.8. The lowest BCUT2D eigenvalue weighted by Crippen LogP contribution is -2.60.